The molecule has 2 nitrogen and oxygen atoms in total. The van der Waals surface area contributed by atoms with Crippen LogP contribution in [0.25, 0.3) is 6.08 Å². The van der Waals surface area contributed by atoms with Gasteiger partial charge in [-0.15, -0.1) is 0 Å². The van der Waals surface area contributed by atoms with Crippen LogP contribution in [0.2, 0.25) is 0 Å². The maximum atomic E-state index is 10.6. The highest BCUT2D eigenvalue weighted by Crippen LogP contribution is 2.33. The third-order valence-corrected chi connectivity index (χ3v) is 4.22. The van der Waals surface area contributed by atoms with Gasteiger partial charge in [0.2, 0.25) is 0 Å². The SMILES string of the molecule is C=C(C)[C@H]1CC/C(C)=C/CC/C(C)=C/c2ccc(o2)[C@@H]1O. The first-order valence-corrected chi connectivity index (χ1v) is 7.73. The van der Waals surface area contributed by atoms with Gasteiger partial charge in [0.25, 0.3) is 0 Å². The highest BCUT2D eigenvalue weighted by atomic mass is 16.4. The van der Waals surface area contributed by atoms with Gasteiger partial charge in [-0.3, -0.25) is 0 Å². The fraction of sp³-hybridized carbons (Fsp3) is 0.474. The predicted octanol–water partition coefficient (Wildman–Crippen LogP) is 5.43. The van der Waals surface area contributed by atoms with Gasteiger partial charge in [-0.25, -0.2) is 0 Å². The van der Waals surface area contributed by atoms with E-state index in [0.29, 0.717) is 5.76 Å². The molecular weight excluding hydrogens is 260 g/mol. The van der Waals surface area contributed by atoms with Gasteiger partial charge in [-0.2, -0.15) is 0 Å². The van der Waals surface area contributed by atoms with Crippen molar-refractivity contribution in [2.75, 3.05) is 0 Å². The Hall–Kier alpha value is -1.54. The van der Waals surface area contributed by atoms with Crippen molar-refractivity contribution in [2.24, 2.45) is 5.92 Å². The largest absolute Gasteiger partial charge is 0.459 e. The minimum Gasteiger partial charge on any atom is -0.459 e. The Labute approximate surface area is 127 Å². The number of rotatable bonds is 1. The summed E-state index contributed by atoms with van der Waals surface area (Å²) in [6.45, 7) is 10.3. The molecule has 1 aliphatic heterocycles. The van der Waals surface area contributed by atoms with E-state index >= 15 is 0 Å². The fourth-order valence-electron chi connectivity index (χ4n) is 2.82. The lowest BCUT2D eigenvalue weighted by molar-refractivity contribution is 0.0977. The molecule has 0 radical (unpaired) electrons. The minimum absolute atomic E-state index is 0.0400. The molecule has 1 aliphatic rings. The predicted molar refractivity (Wildman–Crippen MR) is 87.8 cm³/mol. The highest BCUT2D eigenvalue weighted by Gasteiger charge is 2.24. The maximum absolute atomic E-state index is 10.6. The number of hydrogen-bond acceptors (Lipinski definition) is 2. The van der Waals surface area contributed by atoms with Crippen molar-refractivity contribution in [2.45, 2.75) is 52.6 Å². The van der Waals surface area contributed by atoms with E-state index in [9.17, 15) is 5.11 Å². The zero-order chi connectivity index (χ0) is 15.4. The summed E-state index contributed by atoms with van der Waals surface area (Å²) in [6, 6.07) is 3.82. The molecule has 0 unspecified atom stereocenters. The minimum atomic E-state index is -0.612. The highest BCUT2D eigenvalue weighted by molar-refractivity contribution is 5.47. The summed E-state index contributed by atoms with van der Waals surface area (Å²) >= 11 is 0. The van der Waals surface area contributed by atoms with Gasteiger partial charge in [-0.05, 0) is 64.7 Å². The lowest BCUT2D eigenvalue weighted by Gasteiger charge is -2.22. The Morgan fingerprint density at radius 3 is 2.71 bits per heavy atom. The molecule has 0 aliphatic carbocycles. The summed E-state index contributed by atoms with van der Waals surface area (Å²) in [5.41, 5.74) is 3.69. The summed E-state index contributed by atoms with van der Waals surface area (Å²) in [6.07, 6.45) is 7.75. The van der Waals surface area contributed by atoms with Gasteiger partial charge < -0.3 is 9.52 Å². The van der Waals surface area contributed by atoms with E-state index in [-0.39, 0.29) is 5.92 Å². The van der Waals surface area contributed by atoms with E-state index in [1.807, 2.05) is 19.1 Å². The van der Waals surface area contributed by atoms with E-state index in [1.54, 1.807) is 0 Å². The van der Waals surface area contributed by atoms with Crippen LogP contribution in [0, 0.1) is 5.92 Å². The van der Waals surface area contributed by atoms with Crippen LogP contribution in [0.3, 0.4) is 0 Å². The van der Waals surface area contributed by atoms with Gasteiger partial charge in [-0.1, -0.05) is 29.4 Å². The first-order valence-electron chi connectivity index (χ1n) is 7.73. The van der Waals surface area contributed by atoms with Crippen molar-refractivity contribution in [3.63, 3.8) is 0 Å². The molecule has 2 bridgehead atoms. The van der Waals surface area contributed by atoms with Crippen LogP contribution in [-0.4, -0.2) is 5.11 Å². The van der Waals surface area contributed by atoms with E-state index < -0.39 is 6.10 Å². The van der Waals surface area contributed by atoms with Gasteiger partial charge in [0.05, 0.1) is 0 Å². The number of aliphatic hydroxyl groups is 1. The molecule has 2 atom stereocenters. The van der Waals surface area contributed by atoms with E-state index in [1.165, 1.54) is 11.1 Å². The Morgan fingerprint density at radius 2 is 2.00 bits per heavy atom. The molecule has 1 aromatic rings. The summed E-state index contributed by atoms with van der Waals surface area (Å²) in [5, 5.41) is 10.6. The smallest absolute Gasteiger partial charge is 0.133 e. The summed E-state index contributed by atoms with van der Waals surface area (Å²) in [5.74, 6) is 1.50. The Kier molecular flexibility index (Phi) is 5.24. The number of fused-ring (bicyclic) bond motifs is 2. The van der Waals surface area contributed by atoms with E-state index in [2.05, 4.69) is 32.6 Å². The molecule has 0 spiro atoms. The topological polar surface area (TPSA) is 33.4 Å². The third-order valence-electron chi connectivity index (χ3n) is 4.22. The normalized spacial score (nSPS) is 29.1. The fourth-order valence-corrected chi connectivity index (χ4v) is 2.82. The molecule has 21 heavy (non-hydrogen) atoms. The Balaban J connectivity index is 2.33. The molecule has 2 heterocycles. The van der Waals surface area contributed by atoms with Gasteiger partial charge >= 0.3 is 0 Å². The maximum Gasteiger partial charge on any atom is 0.133 e. The number of furan rings is 1. The lowest BCUT2D eigenvalue weighted by atomic mass is 9.88. The van der Waals surface area contributed by atoms with Crippen molar-refractivity contribution in [1.29, 1.82) is 0 Å². The monoisotopic (exact) mass is 286 g/mol. The molecule has 1 N–H and O–H groups in total. The second-order valence-electron chi connectivity index (χ2n) is 6.26. The van der Waals surface area contributed by atoms with Crippen LogP contribution in [0.15, 0.2) is 45.9 Å². The van der Waals surface area contributed by atoms with Crippen LogP contribution in [0.5, 0.6) is 0 Å². The zero-order valence-electron chi connectivity index (χ0n) is 13.4. The van der Waals surface area contributed by atoms with Crippen molar-refractivity contribution >= 4 is 6.08 Å². The second-order valence-corrected chi connectivity index (χ2v) is 6.26. The molecule has 0 saturated carbocycles. The van der Waals surface area contributed by atoms with Crippen LogP contribution in [0.1, 0.15) is 64.1 Å². The van der Waals surface area contributed by atoms with Gasteiger partial charge in [0, 0.05) is 5.92 Å². The number of allylic oxidation sites excluding steroid dienone is 3. The standard InChI is InChI=1S/C19H26O2/c1-13(2)17-10-8-14(3)6-5-7-15(4)12-16-9-11-18(21-16)19(17)20/h6,9,11-12,17,19-20H,1,5,7-8,10H2,2-4H3/b14-6+,15-12+/t17-,19-/m1/s1. The van der Waals surface area contributed by atoms with E-state index in [0.717, 1.165) is 37.0 Å². The molecule has 0 fully saturated rings. The molecule has 1 aromatic heterocycles. The van der Waals surface area contributed by atoms with E-state index in [4.69, 9.17) is 4.42 Å². The molecule has 114 valence electrons. The van der Waals surface area contributed by atoms with Crippen LogP contribution >= 0.6 is 0 Å². The number of hydrogen-bond donors (Lipinski definition) is 1. The first kappa shape index (κ1) is 15.8. The molecule has 2 heteroatoms. The lowest BCUT2D eigenvalue weighted by Crippen LogP contribution is -2.13. The molecule has 0 saturated heterocycles. The summed E-state index contributed by atoms with van der Waals surface area (Å²) in [4.78, 5) is 0. The van der Waals surface area contributed by atoms with Crippen molar-refractivity contribution in [3.05, 3.63) is 53.0 Å². The van der Waals surface area contributed by atoms with Gasteiger partial charge in [0.15, 0.2) is 0 Å². The van der Waals surface area contributed by atoms with Crippen molar-refractivity contribution < 1.29 is 9.52 Å². The molecule has 0 aromatic carbocycles. The van der Waals surface area contributed by atoms with Crippen LogP contribution < -0.4 is 0 Å². The Morgan fingerprint density at radius 1 is 1.24 bits per heavy atom. The summed E-state index contributed by atoms with van der Waals surface area (Å²) in [7, 11) is 0. The van der Waals surface area contributed by atoms with Crippen molar-refractivity contribution in [3.8, 4) is 0 Å². The van der Waals surface area contributed by atoms with Crippen molar-refractivity contribution in [1.82, 2.24) is 0 Å². The second kappa shape index (κ2) is 6.95. The Bertz CT molecular complexity index is 560. The zero-order valence-corrected chi connectivity index (χ0v) is 13.4. The molecular formula is C19H26O2. The molecule has 2 rings (SSSR count). The summed E-state index contributed by atoms with van der Waals surface area (Å²) < 4.78 is 5.80. The third kappa shape index (κ3) is 4.21. The average Bonchev–Trinajstić information content (AvgIpc) is 2.86. The van der Waals surface area contributed by atoms with Crippen LogP contribution in [0.4, 0.5) is 0 Å². The average molecular weight is 286 g/mol. The first-order chi connectivity index (χ1) is 9.97. The molecule has 0 amide bonds. The van der Waals surface area contributed by atoms with Crippen LogP contribution in [-0.2, 0) is 0 Å². The quantitative estimate of drug-likeness (QED) is 0.698. The van der Waals surface area contributed by atoms with Gasteiger partial charge in [0.1, 0.15) is 17.6 Å². The number of aliphatic hydroxyl groups excluding tert-OH is 1.